The van der Waals surface area contributed by atoms with Crippen LogP contribution in [0.2, 0.25) is 0 Å². The van der Waals surface area contributed by atoms with Gasteiger partial charge in [0.05, 0.1) is 20.1 Å². The number of anilines is 1. The number of carbonyl (C=O) groups is 1. The number of amides is 1. The van der Waals surface area contributed by atoms with Crippen LogP contribution in [-0.4, -0.2) is 26.2 Å². The molecule has 5 heteroatoms. The number of methoxy groups -OCH3 is 1. The lowest BCUT2D eigenvalue weighted by molar-refractivity contribution is -0.120. The zero-order valence-corrected chi connectivity index (χ0v) is 12.5. The third-order valence-electron chi connectivity index (χ3n) is 3.10. The molecule has 0 aliphatic heterocycles. The second-order valence-electron chi connectivity index (χ2n) is 4.79. The van der Waals surface area contributed by atoms with E-state index < -0.39 is 0 Å². The lowest BCUT2D eigenvalue weighted by atomic mass is 10.1. The standard InChI is InChI=1S/C17H20N2O3/c1-21-15-6-8-16(9-7-15)22-11-10-19-17(20)12-13-2-4-14(18)5-3-13/h2-9H,10-12,18H2,1H3,(H,19,20). The molecule has 0 aliphatic rings. The third kappa shape index (κ3) is 5.01. The van der Waals surface area contributed by atoms with Crippen LogP contribution in [0.3, 0.4) is 0 Å². The zero-order chi connectivity index (χ0) is 15.8. The molecule has 0 saturated heterocycles. The fourth-order valence-corrected chi connectivity index (χ4v) is 1.91. The second-order valence-corrected chi connectivity index (χ2v) is 4.79. The Labute approximate surface area is 130 Å². The maximum Gasteiger partial charge on any atom is 0.224 e. The summed E-state index contributed by atoms with van der Waals surface area (Å²) >= 11 is 0. The molecule has 0 aliphatic carbocycles. The first-order chi connectivity index (χ1) is 10.7. The number of benzene rings is 2. The maximum atomic E-state index is 11.8. The minimum atomic E-state index is -0.0388. The molecular formula is C17H20N2O3. The Hall–Kier alpha value is -2.69. The number of nitrogens with two attached hydrogens (primary N) is 1. The molecule has 0 bridgehead atoms. The summed E-state index contributed by atoms with van der Waals surface area (Å²) in [5, 5.41) is 2.82. The first-order valence-corrected chi connectivity index (χ1v) is 7.05. The summed E-state index contributed by atoms with van der Waals surface area (Å²) in [6, 6.07) is 14.6. The van der Waals surface area contributed by atoms with E-state index in [1.54, 1.807) is 19.2 Å². The van der Waals surface area contributed by atoms with E-state index in [-0.39, 0.29) is 5.91 Å². The Bertz CT molecular complexity index is 594. The molecule has 2 aromatic carbocycles. The van der Waals surface area contributed by atoms with Gasteiger partial charge in [-0.1, -0.05) is 12.1 Å². The van der Waals surface area contributed by atoms with Gasteiger partial charge in [0.25, 0.3) is 0 Å². The van der Waals surface area contributed by atoms with Crippen LogP contribution in [0.1, 0.15) is 5.56 Å². The molecule has 0 radical (unpaired) electrons. The van der Waals surface area contributed by atoms with Crippen LogP contribution in [0.25, 0.3) is 0 Å². The summed E-state index contributed by atoms with van der Waals surface area (Å²) < 4.78 is 10.6. The molecule has 22 heavy (non-hydrogen) atoms. The number of hydrogen-bond acceptors (Lipinski definition) is 4. The van der Waals surface area contributed by atoms with Crippen molar-refractivity contribution < 1.29 is 14.3 Å². The van der Waals surface area contributed by atoms with E-state index in [4.69, 9.17) is 15.2 Å². The molecular weight excluding hydrogens is 280 g/mol. The number of carbonyl (C=O) groups excluding carboxylic acids is 1. The van der Waals surface area contributed by atoms with Gasteiger partial charge in [-0.3, -0.25) is 4.79 Å². The van der Waals surface area contributed by atoms with Crippen molar-refractivity contribution in [3.05, 3.63) is 54.1 Å². The predicted octanol–water partition coefficient (Wildman–Crippen LogP) is 2.02. The molecule has 2 rings (SSSR count). The number of nitrogen functional groups attached to an aromatic ring is 1. The quantitative estimate of drug-likeness (QED) is 0.606. The van der Waals surface area contributed by atoms with Crippen molar-refractivity contribution in [3.63, 3.8) is 0 Å². The Balaban J connectivity index is 1.67. The predicted molar refractivity (Wildman–Crippen MR) is 86.1 cm³/mol. The average molecular weight is 300 g/mol. The molecule has 0 atom stereocenters. The molecule has 116 valence electrons. The van der Waals surface area contributed by atoms with Gasteiger partial charge < -0.3 is 20.5 Å². The van der Waals surface area contributed by atoms with Gasteiger partial charge in [-0.25, -0.2) is 0 Å². The minimum absolute atomic E-state index is 0.0388. The van der Waals surface area contributed by atoms with Crippen molar-refractivity contribution in [2.75, 3.05) is 26.0 Å². The van der Waals surface area contributed by atoms with Gasteiger partial charge in [-0.05, 0) is 42.0 Å². The number of ether oxygens (including phenoxy) is 2. The number of nitrogens with one attached hydrogen (secondary N) is 1. The van der Waals surface area contributed by atoms with Crippen LogP contribution < -0.4 is 20.5 Å². The first kappa shape index (κ1) is 15.7. The van der Waals surface area contributed by atoms with Gasteiger partial charge >= 0.3 is 0 Å². The highest BCUT2D eigenvalue weighted by molar-refractivity contribution is 5.78. The van der Waals surface area contributed by atoms with E-state index in [9.17, 15) is 4.79 Å². The van der Waals surface area contributed by atoms with Crippen LogP contribution in [0.5, 0.6) is 11.5 Å². The van der Waals surface area contributed by atoms with Crippen LogP contribution in [0, 0.1) is 0 Å². The molecule has 0 unspecified atom stereocenters. The molecule has 0 heterocycles. The largest absolute Gasteiger partial charge is 0.497 e. The Morgan fingerprint density at radius 2 is 1.68 bits per heavy atom. The van der Waals surface area contributed by atoms with Crippen molar-refractivity contribution >= 4 is 11.6 Å². The minimum Gasteiger partial charge on any atom is -0.497 e. The molecule has 2 aromatic rings. The van der Waals surface area contributed by atoms with Gasteiger partial charge in [-0.2, -0.15) is 0 Å². The van der Waals surface area contributed by atoms with Crippen molar-refractivity contribution in [2.45, 2.75) is 6.42 Å². The van der Waals surface area contributed by atoms with Gasteiger partial charge in [-0.15, -0.1) is 0 Å². The summed E-state index contributed by atoms with van der Waals surface area (Å²) in [4.78, 5) is 11.8. The summed E-state index contributed by atoms with van der Waals surface area (Å²) in [6.07, 6.45) is 0.336. The molecule has 0 fully saturated rings. The number of hydrogen-bond donors (Lipinski definition) is 2. The van der Waals surface area contributed by atoms with Crippen LogP contribution in [0.15, 0.2) is 48.5 Å². The smallest absolute Gasteiger partial charge is 0.224 e. The molecule has 3 N–H and O–H groups in total. The molecule has 1 amide bonds. The van der Waals surface area contributed by atoms with Crippen molar-refractivity contribution in [3.8, 4) is 11.5 Å². The third-order valence-corrected chi connectivity index (χ3v) is 3.10. The average Bonchev–Trinajstić information content (AvgIpc) is 2.54. The maximum absolute atomic E-state index is 11.8. The van der Waals surface area contributed by atoms with Crippen molar-refractivity contribution in [1.82, 2.24) is 5.32 Å². The van der Waals surface area contributed by atoms with Crippen LogP contribution in [0.4, 0.5) is 5.69 Å². The van der Waals surface area contributed by atoms with E-state index in [1.807, 2.05) is 36.4 Å². The highest BCUT2D eigenvalue weighted by Crippen LogP contribution is 2.16. The van der Waals surface area contributed by atoms with E-state index >= 15 is 0 Å². The molecule has 0 saturated carbocycles. The summed E-state index contributed by atoms with van der Waals surface area (Å²) in [5.41, 5.74) is 7.23. The summed E-state index contributed by atoms with van der Waals surface area (Å²) in [7, 11) is 1.62. The van der Waals surface area contributed by atoms with E-state index in [0.29, 0.717) is 25.3 Å². The summed E-state index contributed by atoms with van der Waals surface area (Å²) in [6.45, 7) is 0.875. The monoisotopic (exact) mass is 300 g/mol. The zero-order valence-electron chi connectivity index (χ0n) is 12.5. The fraction of sp³-hybridized carbons (Fsp3) is 0.235. The van der Waals surface area contributed by atoms with Crippen molar-refractivity contribution in [2.24, 2.45) is 0 Å². The fourth-order valence-electron chi connectivity index (χ4n) is 1.91. The molecule has 5 nitrogen and oxygen atoms in total. The number of rotatable bonds is 7. The van der Waals surface area contributed by atoms with Gasteiger partial charge in [0.2, 0.25) is 5.91 Å². The Kier molecular flexibility index (Phi) is 5.65. The van der Waals surface area contributed by atoms with Crippen LogP contribution >= 0.6 is 0 Å². The topological polar surface area (TPSA) is 73.6 Å². The second kappa shape index (κ2) is 7.93. The normalized spacial score (nSPS) is 10.0. The molecule has 0 aromatic heterocycles. The van der Waals surface area contributed by atoms with Gasteiger partial charge in [0.15, 0.2) is 0 Å². The van der Waals surface area contributed by atoms with Gasteiger partial charge in [0, 0.05) is 5.69 Å². The van der Waals surface area contributed by atoms with Crippen molar-refractivity contribution in [1.29, 1.82) is 0 Å². The summed E-state index contributed by atoms with van der Waals surface area (Å²) in [5.74, 6) is 1.49. The Morgan fingerprint density at radius 1 is 1.05 bits per heavy atom. The highest BCUT2D eigenvalue weighted by Gasteiger charge is 2.03. The molecule has 0 spiro atoms. The van der Waals surface area contributed by atoms with E-state index in [2.05, 4.69) is 5.32 Å². The highest BCUT2D eigenvalue weighted by atomic mass is 16.5. The Morgan fingerprint density at radius 3 is 2.32 bits per heavy atom. The van der Waals surface area contributed by atoms with E-state index in [1.165, 1.54) is 0 Å². The first-order valence-electron chi connectivity index (χ1n) is 7.05. The lowest BCUT2D eigenvalue weighted by Gasteiger charge is -2.08. The van der Waals surface area contributed by atoms with Gasteiger partial charge in [0.1, 0.15) is 18.1 Å². The SMILES string of the molecule is COc1ccc(OCCNC(=O)Cc2ccc(N)cc2)cc1. The van der Waals surface area contributed by atoms with Crippen LogP contribution in [-0.2, 0) is 11.2 Å². The van der Waals surface area contributed by atoms with E-state index in [0.717, 1.165) is 17.1 Å². The lowest BCUT2D eigenvalue weighted by Crippen LogP contribution is -2.29.